The minimum Gasteiger partial charge on any atom is -0.339 e. The Bertz CT molecular complexity index is 461. The van der Waals surface area contributed by atoms with Gasteiger partial charge < -0.3 is 4.90 Å². The van der Waals surface area contributed by atoms with Crippen LogP contribution in [0.3, 0.4) is 0 Å². The van der Waals surface area contributed by atoms with E-state index in [0.29, 0.717) is 17.9 Å². The summed E-state index contributed by atoms with van der Waals surface area (Å²) in [4.78, 5) is 14.8. The molecule has 1 saturated heterocycles. The van der Waals surface area contributed by atoms with Crippen LogP contribution in [0.2, 0.25) is 0 Å². The first-order valence-corrected chi connectivity index (χ1v) is 7.74. The molecular weight excluding hydrogens is 250 g/mol. The van der Waals surface area contributed by atoms with Gasteiger partial charge in [0.15, 0.2) is 0 Å². The van der Waals surface area contributed by atoms with Gasteiger partial charge in [-0.25, -0.2) is 0 Å². The van der Waals surface area contributed by atoms with Crippen LogP contribution in [-0.2, 0) is 11.2 Å². The number of amides is 1. The number of aryl methyl sites for hydroxylation is 2. The zero-order chi connectivity index (χ0) is 14.9. The first-order chi connectivity index (χ1) is 9.43. The Balaban J connectivity index is 2.05. The number of nitrogens with zero attached hydrogens (tertiary/aromatic N) is 2. The van der Waals surface area contributed by atoms with Crippen molar-refractivity contribution < 1.29 is 4.79 Å². The van der Waals surface area contributed by atoms with E-state index in [1.165, 1.54) is 5.56 Å². The van der Waals surface area contributed by atoms with Crippen molar-refractivity contribution in [3.63, 3.8) is 0 Å². The van der Waals surface area contributed by atoms with E-state index in [1.54, 1.807) is 0 Å². The molecule has 0 aliphatic carbocycles. The predicted octanol–water partition coefficient (Wildman–Crippen LogP) is 2.85. The first-order valence-electron chi connectivity index (χ1n) is 7.74. The Hall–Kier alpha value is -1.32. The number of likely N-dealkylation sites (tertiary alicyclic amines) is 1. The molecule has 0 spiro atoms. The zero-order valence-corrected chi connectivity index (χ0v) is 13.4. The molecule has 1 aromatic heterocycles. The molecule has 0 bridgehead atoms. The van der Waals surface area contributed by atoms with Gasteiger partial charge in [-0.3, -0.25) is 9.89 Å². The van der Waals surface area contributed by atoms with Gasteiger partial charge >= 0.3 is 0 Å². The number of aromatic amines is 1. The first kappa shape index (κ1) is 15.1. The maximum Gasteiger partial charge on any atom is 0.225 e. The lowest BCUT2D eigenvalue weighted by atomic mass is 9.98. The van der Waals surface area contributed by atoms with E-state index in [4.69, 9.17) is 0 Å². The molecule has 1 N–H and O–H groups in total. The second-order valence-corrected chi connectivity index (χ2v) is 6.41. The van der Waals surface area contributed by atoms with Crippen LogP contribution >= 0.6 is 0 Å². The number of aromatic nitrogens is 2. The average molecular weight is 277 g/mol. The Morgan fingerprint density at radius 3 is 2.75 bits per heavy atom. The van der Waals surface area contributed by atoms with Crippen LogP contribution in [0.15, 0.2) is 0 Å². The lowest BCUT2D eigenvalue weighted by Crippen LogP contribution is -2.39. The van der Waals surface area contributed by atoms with Crippen molar-refractivity contribution in [2.24, 2.45) is 11.8 Å². The van der Waals surface area contributed by atoms with Crippen LogP contribution < -0.4 is 0 Å². The Kier molecular flexibility index (Phi) is 4.51. The third-order valence-electron chi connectivity index (χ3n) is 4.59. The molecular formula is C16H27N3O. The number of hydrogen-bond donors (Lipinski definition) is 1. The maximum absolute atomic E-state index is 12.7. The lowest BCUT2D eigenvalue weighted by molar-refractivity contribution is -0.136. The fraction of sp³-hybridized carbons (Fsp3) is 0.750. The molecule has 2 heterocycles. The van der Waals surface area contributed by atoms with Crippen molar-refractivity contribution >= 4 is 5.91 Å². The van der Waals surface area contributed by atoms with Crippen molar-refractivity contribution in [1.82, 2.24) is 15.1 Å². The van der Waals surface area contributed by atoms with E-state index in [9.17, 15) is 4.79 Å². The molecule has 4 heteroatoms. The number of rotatable bonds is 4. The molecule has 0 saturated carbocycles. The van der Waals surface area contributed by atoms with Gasteiger partial charge in [-0.15, -0.1) is 0 Å². The van der Waals surface area contributed by atoms with Gasteiger partial charge in [0.25, 0.3) is 0 Å². The van der Waals surface area contributed by atoms with Gasteiger partial charge in [-0.2, -0.15) is 5.10 Å². The van der Waals surface area contributed by atoms with Crippen molar-refractivity contribution in [3.05, 3.63) is 17.0 Å². The normalized spacial score (nSPS) is 24.1. The standard InChI is InChI=1S/C16H27N3O/c1-6-14-7-10(2)9-19(14)16(20)11(3)8-15-12(4)17-18-13(15)5/h10-11,14H,6-9H2,1-5H3,(H,17,18)/t10-,11+,14+/m0/s1. The largest absolute Gasteiger partial charge is 0.339 e. The molecule has 1 amide bonds. The molecule has 1 aliphatic heterocycles. The van der Waals surface area contributed by atoms with Gasteiger partial charge in [-0.1, -0.05) is 20.8 Å². The van der Waals surface area contributed by atoms with E-state index >= 15 is 0 Å². The molecule has 112 valence electrons. The number of carbonyl (C=O) groups is 1. The van der Waals surface area contributed by atoms with Gasteiger partial charge in [0.1, 0.15) is 0 Å². The Morgan fingerprint density at radius 1 is 1.50 bits per heavy atom. The van der Waals surface area contributed by atoms with Crippen LogP contribution in [-0.4, -0.2) is 33.6 Å². The quantitative estimate of drug-likeness (QED) is 0.920. The minimum absolute atomic E-state index is 0.0318. The number of H-pyrrole nitrogens is 1. The summed E-state index contributed by atoms with van der Waals surface area (Å²) in [6, 6.07) is 0.437. The molecule has 0 unspecified atom stereocenters. The topological polar surface area (TPSA) is 49.0 Å². The minimum atomic E-state index is 0.0318. The van der Waals surface area contributed by atoms with E-state index in [0.717, 1.165) is 37.2 Å². The summed E-state index contributed by atoms with van der Waals surface area (Å²) in [5.74, 6) is 0.971. The van der Waals surface area contributed by atoms with Crippen LogP contribution in [0.5, 0.6) is 0 Å². The van der Waals surface area contributed by atoms with Gasteiger partial charge in [0.05, 0.1) is 5.69 Å². The van der Waals surface area contributed by atoms with Crippen LogP contribution in [0.4, 0.5) is 0 Å². The second kappa shape index (κ2) is 5.98. The Morgan fingerprint density at radius 2 is 2.20 bits per heavy atom. The van der Waals surface area contributed by atoms with Gasteiger partial charge in [0.2, 0.25) is 5.91 Å². The SMILES string of the molecule is CC[C@@H]1C[C@H](C)CN1C(=O)[C@H](C)Cc1c(C)n[nH]c1C. The highest BCUT2D eigenvalue weighted by Gasteiger charge is 2.34. The molecule has 3 atom stereocenters. The fourth-order valence-electron chi connectivity index (χ4n) is 3.36. The molecule has 1 aliphatic rings. The van der Waals surface area contributed by atoms with E-state index in [2.05, 4.69) is 28.9 Å². The zero-order valence-electron chi connectivity index (χ0n) is 13.4. The van der Waals surface area contributed by atoms with Crippen LogP contribution in [0, 0.1) is 25.7 Å². The third kappa shape index (κ3) is 2.89. The number of hydrogen-bond acceptors (Lipinski definition) is 2. The van der Waals surface area contributed by atoms with E-state index in [-0.39, 0.29) is 5.92 Å². The van der Waals surface area contributed by atoms with Crippen molar-refractivity contribution in [3.8, 4) is 0 Å². The van der Waals surface area contributed by atoms with Crippen LogP contribution in [0.1, 0.15) is 50.6 Å². The molecule has 20 heavy (non-hydrogen) atoms. The highest BCUT2D eigenvalue weighted by Crippen LogP contribution is 2.27. The predicted molar refractivity (Wildman–Crippen MR) is 80.5 cm³/mol. The van der Waals surface area contributed by atoms with Crippen molar-refractivity contribution in [2.45, 2.75) is 59.9 Å². The van der Waals surface area contributed by atoms with Gasteiger partial charge in [-0.05, 0) is 44.6 Å². The monoisotopic (exact) mass is 277 g/mol. The highest BCUT2D eigenvalue weighted by atomic mass is 16.2. The molecule has 2 rings (SSSR count). The van der Waals surface area contributed by atoms with Crippen molar-refractivity contribution in [2.75, 3.05) is 6.54 Å². The third-order valence-corrected chi connectivity index (χ3v) is 4.59. The van der Waals surface area contributed by atoms with E-state index < -0.39 is 0 Å². The molecule has 1 fully saturated rings. The maximum atomic E-state index is 12.7. The van der Waals surface area contributed by atoms with Crippen LogP contribution in [0.25, 0.3) is 0 Å². The second-order valence-electron chi connectivity index (χ2n) is 6.41. The smallest absolute Gasteiger partial charge is 0.225 e. The van der Waals surface area contributed by atoms with E-state index in [1.807, 2.05) is 20.8 Å². The summed E-state index contributed by atoms with van der Waals surface area (Å²) in [5, 5.41) is 7.22. The number of carbonyl (C=O) groups excluding carboxylic acids is 1. The molecule has 0 aromatic carbocycles. The Labute approximate surface area is 121 Å². The summed E-state index contributed by atoms with van der Waals surface area (Å²) < 4.78 is 0. The average Bonchev–Trinajstić information content (AvgIpc) is 2.94. The summed E-state index contributed by atoms with van der Waals surface area (Å²) in [5.41, 5.74) is 3.30. The van der Waals surface area contributed by atoms with Gasteiger partial charge in [0, 0.05) is 24.2 Å². The lowest BCUT2D eigenvalue weighted by Gasteiger charge is -2.27. The summed E-state index contributed by atoms with van der Waals surface area (Å²) in [6.45, 7) is 11.4. The fourth-order valence-corrected chi connectivity index (χ4v) is 3.36. The molecule has 1 aromatic rings. The summed E-state index contributed by atoms with van der Waals surface area (Å²) in [7, 11) is 0. The number of nitrogens with one attached hydrogen (secondary N) is 1. The summed E-state index contributed by atoms with van der Waals surface area (Å²) >= 11 is 0. The highest BCUT2D eigenvalue weighted by molar-refractivity contribution is 5.79. The summed E-state index contributed by atoms with van der Waals surface area (Å²) in [6.07, 6.45) is 3.00. The molecule has 0 radical (unpaired) electrons. The van der Waals surface area contributed by atoms with Crippen molar-refractivity contribution in [1.29, 1.82) is 0 Å². The molecule has 4 nitrogen and oxygen atoms in total.